The Labute approximate surface area is 184 Å². The summed E-state index contributed by atoms with van der Waals surface area (Å²) in [7, 11) is 5.79. The lowest BCUT2D eigenvalue weighted by atomic mass is 9.88. The molecule has 2 unspecified atom stereocenters. The molecule has 1 aliphatic heterocycles. The number of halogens is 1. The van der Waals surface area contributed by atoms with Crippen LogP contribution in [0.25, 0.3) is 0 Å². The molecule has 1 aromatic rings. The van der Waals surface area contributed by atoms with Gasteiger partial charge in [0.1, 0.15) is 0 Å². The molecule has 8 heteroatoms. The van der Waals surface area contributed by atoms with Crippen molar-refractivity contribution < 1.29 is 4.79 Å². The van der Waals surface area contributed by atoms with Crippen molar-refractivity contribution in [3.05, 3.63) is 22.4 Å². The van der Waals surface area contributed by atoms with E-state index >= 15 is 0 Å². The molecule has 2 N–H and O–H groups in total. The van der Waals surface area contributed by atoms with Crippen molar-refractivity contribution >= 4 is 47.2 Å². The second-order valence-corrected chi connectivity index (χ2v) is 8.01. The summed E-state index contributed by atoms with van der Waals surface area (Å²) in [6.07, 6.45) is 2.90. The number of aliphatic imine (C=N–C) groups is 1. The summed E-state index contributed by atoms with van der Waals surface area (Å²) in [5, 5.41) is 8.73. The summed E-state index contributed by atoms with van der Waals surface area (Å²) < 4.78 is 0. The van der Waals surface area contributed by atoms with Crippen molar-refractivity contribution in [2.45, 2.75) is 32.2 Å². The molecule has 2 atom stereocenters. The average Bonchev–Trinajstić information content (AvgIpc) is 3.13. The first kappa shape index (κ1) is 24.2. The molecule has 1 aromatic heterocycles. The van der Waals surface area contributed by atoms with Gasteiger partial charge in [-0.3, -0.25) is 14.7 Å². The van der Waals surface area contributed by atoms with Crippen molar-refractivity contribution in [2.24, 2.45) is 10.9 Å². The van der Waals surface area contributed by atoms with Gasteiger partial charge >= 0.3 is 0 Å². The molecule has 27 heavy (non-hydrogen) atoms. The van der Waals surface area contributed by atoms with Gasteiger partial charge in [0.2, 0.25) is 5.91 Å². The number of piperidine rings is 1. The Morgan fingerprint density at radius 2 is 2.19 bits per heavy atom. The summed E-state index contributed by atoms with van der Waals surface area (Å²) in [5.41, 5.74) is 0. The van der Waals surface area contributed by atoms with Gasteiger partial charge in [-0.1, -0.05) is 6.07 Å². The number of carbonyl (C=O) groups excluding carboxylic acids is 1. The molecule has 0 radical (unpaired) electrons. The van der Waals surface area contributed by atoms with E-state index in [0.29, 0.717) is 24.9 Å². The van der Waals surface area contributed by atoms with Gasteiger partial charge < -0.3 is 15.5 Å². The number of hydrogen-bond donors (Lipinski definition) is 2. The summed E-state index contributed by atoms with van der Waals surface area (Å²) >= 11 is 1.84. The largest absolute Gasteiger partial charge is 0.357 e. The normalized spacial score (nSPS) is 20.7. The zero-order valence-electron chi connectivity index (χ0n) is 16.9. The molecule has 6 nitrogen and oxygen atoms in total. The zero-order valence-corrected chi connectivity index (χ0v) is 20.0. The molecule has 0 aromatic carbocycles. The van der Waals surface area contributed by atoms with Crippen LogP contribution in [0.5, 0.6) is 0 Å². The van der Waals surface area contributed by atoms with Crippen molar-refractivity contribution in [3.8, 4) is 0 Å². The highest BCUT2D eigenvalue weighted by Gasteiger charge is 2.31. The van der Waals surface area contributed by atoms with Crippen LogP contribution in [-0.2, 0) is 4.79 Å². The Bertz CT molecular complexity index is 579. The lowest BCUT2D eigenvalue weighted by Gasteiger charge is -2.38. The van der Waals surface area contributed by atoms with Crippen LogP contribution in [0.4, 0.5) is 0 Å². The van der Waals surface area contributed by atoms with Crippen molar-refractivity contribution in [1.29, 1.82) is 0 Å². The van der Waals surface area contributed by atoms with Crippen molar-refractivity contribution in [1.82, 2.24) is 20.4 Å². The smallest absolute Gasteiger partial charge is 0.223 e. The predicted molar refractivity (Wildman–Crippen MR) is 125 cm³/mol. The first-order valence-corrected chi connectivity index (χ1v) is 10.4. The molecule has 0 aliphatic carbocycles. The molecule has 0 saturated carbocycles. The highest BCUT2D eigenvalue weighted by molar-refractivity contribution is 14.0. The van der Waals surface area contributed by atoms with Crippen LogP contribution in [0.2, 0.25) is 0 Å². The molecule has 0 bridgehead atoms. The Balaban J connectivity index is 0.00000364. The molecule has 0 spiro atoms. The maximum atomic E-state index is 11.7. The number of rotatable bonds is 7. The molecule has 1 aliphatic rings. The lowest BCUT2D eigenvalue weighted by Crippen LogP contribution is -2.41. The van der Waals surface area contributed by atoms with E-state index in [4.69, 9.17) is 4.99 Å². The second-order valence-electron chi connectivity index (χ2n) is 7.03. The van der Waals surface area contributed by atoms with Gasteiger partial charge in [0.15, 0.2) is 5.96 Å². The topological polar surface area (TPSA) is 60.0 Å². The minimum atomic E-state index is 0. The van der Waals surface area contributed by atoms with E-state index in [0.717, 1.165) is 25.6 Å². The number of likely N-dealkylation sites (tertiary alicyclic amines) is 1. The number of hydrogen-bond acceptors (Lipinski definition) is 4. The number of guanidine groups is 1. The van der Waals surface area contributed by atoms with Gasteiger partial charge in [0.05, 0.1) is 0 Å². The van der Waals surface area contributed by atoms with Crippen LogP contribution in [0, 0.1) is 5.92 Å². The summed E-state index contributed by atoms with van der Waals surface area (Å²) in [6, 6.07) is 4.83. The quantitative estimate of drug-likeness (QED) is 0.339. The second kappa shape index (κ2) is 12.6. The van der Waals surface area contributed by atoms with Crippen LogP contribution in [-0.4, -0.2) is 69.0 Å². The van der Waals surface area contributed by atoms with Gasteiger partial charge in [-0.2, -0.15) is 0 Å². The highest BCUT2D eigenvalue weighted by atomic mass is 127. The van der Waals surface area contributed by atoms with Crippen LogP contribution in [0.15, 0.2) is 22.5 Å². The lowest BCUT2D eigenvalue weighted by molar-refractivity contribution is -0.128. The maximum absolute atomic E-state index is 11.7. The first-order valence-electron chi connectivity index (χ1n) is 9.49. The SMILES string of the molecule is CCNC(=NCC1CCCN(C)C1c1cccs1)NCCC(=O)N(C)C.I. The fourth-order valence-electron chi connectivity index (χ4n) is 3.42. The Morgan fingerprint density at radius 3 is 2.81 bits per heavy atom. The molecule has 1 amide bonds. The van der Waals surface area contributed by atoms with Crippen LogP contribution >= 0.6 is 35.3 Å². The zero-order chi connectivity index (χ0) is 18.9. The van der Waals surface area contributed by atoms with Gasteiger partial charge in [0, 0.05) is 51.1 Å². The summed E-state index contributed by atoms with van der Waals surface area (Å²) in [4.78, 5) is 22.1. The fraction of sp³-hybridized carbons (Fsp3) is 0.684. The number of carbonyl (C=O) groups is 1. The van der Waals surface area contributed by atoms with Crippen LogP contribution < -0.4 is 10.6 Å². The third kappa shape index (κ3) is 7.57. The van der Waals surface area contributed by atoms with Crippen molar-refractivity contribution in [3.63, 3.8) is 0 Å². The Kier molecular flexibility index (Phi) is 11.2. The molecule has 1 fully saturated rings. The Hall–Kier alpha value is -0.870. The minimum absolute atomic E-state index is 0. The number of thiophene rings is 1. The predicted octanol–water partition coefficient (Wildman–Crippen LogP) is 2.78. The van der Waals surface area contributed by atoms with Gasteiger partial charge in [-0.25, -0.2) is 0 Å². The average molecular weight is 507 g/mol. The molecule has 2 heterocycles. The number of nitrogens with one attached hydrogen (secondary N) is 2. The maximum Gasteiger partial charge on any atom is 0.223 e. The number of nitrogens with zero attached hydrogens (tertiary/aromatic N) is 3. The molecule has 154 valence electrons. The van der Waals surface area contributed by atoms with E-state index in [-0.39, 0.29) is 29.9 Å². The first-order chi connectivity index (χ1) is 12.5. The highest BCUT2D eigenvalue weighted by Crippen LogP contribution is 2.37. The van der Waals surface area contributed by atoms with Gasteiger partial charge in [0.25, 0.3) is 0 Å². The standard InChI is InChI=1S/C19H33N5OS.HI/c1-5-20-19(21-11-10-17(25)23(2)3)22-14-15-8-6-12-24(4)18(15)16-9-7-13-26-16;/h7,9,13,15,18H,5-6,8,10-12,14H2,1-4H3,(H2,20,21,22);1H. The Morgan fingerprint density at radius 1 is 1.41 bits per heavy atom. The third-order valence-corrected chi connectivity index (χ3v) is 5.74. The van der Waals surface area contributed by atoms with E-state index in [1.54, 1.807) is 19.0 Å². The third-order valence-electron chi connectivity index (χ3n) is 4.80. The molecular formula is C19H34IN5OS. The van der Waals surface area contributed by atoms with E-state index in [9.17, 15) is 4.79 Å². The fourth-order valence-corrected chi connectivity index (χ4v) is 4.40. The van der Waals surface area contributed by atoms with Crippen LogP contribution in [0.3, 0.4) is 0 Å². The number of amides is 1. The van der Waals surface area contributed by atoms with E-state index in [1.807, 2.05) is 11.3 Å². The van der Waals surface area contributed by atoms with E-state index < -0.39 is 0 Å². The monoisotopic (exact) mass is 507 g/mol. The summed E-state index contributed by atoms with van der Waals surface area (Å²) in [6.45, 7) is 5.41. The minimum Gasteiger partial charge on any atom is -0.357 e. The van der Waals surface area contributed by atoms with E-state index in [1.165, 1.54) is 17.7 Å². The van der Waals surface area contributed by atoms with E-state index in [2.05, 4.69) is 47.0 Å². The molecular weight excluding hydrogens is 473 g/mol. The van der Waals surface area contributed by atoms with Crippen molar-refractivity contribution in [2.75, 3.05) is 47.3 Å². The summed E-state index contributed by atoms with van der Waals surface area (Å²) in [5.74, 6) is 1.45. The van der Waals surface area contributed by atoms with Crippen LogP contribution in [0.1, 0.15) is 37.1 Å². The molecule has 2 rings (SSSR count). The van der Waals surface area contributed by atoms with Gasteiger partial charge in [-0.15, -0.1) is 35.3 Å². The molecule has 1 saturated heterocycles. The van der Waals surface area contributed by atoms with Gasteiger partial charge in [-0.05, 0) is 50.7 Å².